The number of allylic oxidation sites excluding steroid dienone is 1. The molecule has 7 rings (SSSR count). The third kappa shape index (κ3) is 8.45. The van der Waals surface area contributed by atoms with Crippen LogP contribution in [0.25, 0.3) is 21.5 Å². The lowest BCUT2D eigenvalue weighted by molar-refractivity contribution is 0.607. The Morgan fingerprint density at radius 1 is 0.389 bits per heavy atom. The molecule has 0 spiro atoms. The minimum atomic E-state index is 1.05. The predicted octanol–water partition coefficient (Wildman–Crippen LogP) is 15.7. The van der Waals surface area contributed by atoms with Crippen molar-refractivity contribution in [3.63, 3.8) is 0 Å². The van der Waals surface area contributed by atoms with Gasteiger partial charge in [-0.2, -0.15) is 0 Å². The fourth-order valence-corrected chi connectivity index (χ4v) is 8.08. The second-order valence-corrected chi connectivity index (χ2v) is 14.5. The number of aryl methyl sites for hydroxylation is 2. The summed E-state index contributed by atoms with van der Waals surface area (Å²) >= 11 is 0. The minimum Gasteiger partial charge on any atom is -0.310 e. The quantitative estimate of drug-likeness (QED) is 0.0498. The summed E-state index contributed by atoms with van der Waals surface area (Å²) in [4.78, 5) is 4.81. The third-order valence-corrected chi connectivity index (χ3v) is 10.8. The summed E-state index contributed by atoms with van der Waals surface area (Å²) < 4.78 is 0. The zero-order valence-electron chi connectivity index (χ0n) is 32.0. The monoisotopic (exact) mass is 706 g/mol. The second kappa shape index (κ2) is 18.4. The number of fused-ring (bicyclic) bond motifs is 3. The predicted molar refractivity (Wildman–Crippen MR) is 236 cm³/mol. The van der Waals surface area contributed by atoms with E-state index in [4.69, 9.17) is 0 Å². The van der Waals surface area contributed by atoms with Crippen molar-refractivity contribution in [1.82, 2.24) is 0 Å². The summed E-state index contributed by atoms with van der Waals surface area (Å²) in [6, 6.07) is 57.6. The highest BCUT2D eigenvalue weighted by atomic mass is 15.1. The summed E-state index contributed by atoms with van der Waals surface area (Å²) in [6.45, 7) is 6.34. The van der Waals surface area contributed by atoms with Crippen LogP contribution in [0, 0.1) is 0 Å². The number of nitrogens with zero attached hydrogens (tertiary/aromatic N) is 2. The van der Waals surface area contributed by atoms with E-state index in [1.54, 1.807) is 0 Å². The summed E-state index contributed by atoms with van der Waals surface area (Å²) in [5.41, 5.74) is 10.1. The first-order valence-electron chi connectivity index (χ1n) is 20.2. The van der Waals surface area contributed by atoms with Gasteiger partial charge in [-0.3, -0.25) is 0 Å². The van der Waals surface area contributed by atoms with Crippen LogP contribution in [0.1, 0.15) is 75.8 Å². The number of hydrogen-bond donors (Lipinski definition) is 0. The Morgan fingerprint density at radius 3 is 1.15 bits per heavy atom. The molecule has 0 aliphatic rings. The van der Waals surface area contributed by atoms with Crippen LogP contribution in [0.4, 0.5) is 34.1 Å². The van der Waals surface area contributed by atoms with Gasteiger partial charge in [0.15, 0.2) is 0 Å². The van der Waals surface area contributed by atoms with Gasteiger partial charge >= 0.3 is 0 Å². The molecule has 0 aliphatic heterocycles. The van der Waals surface area contributed by atoms with Crippen LogP contribution in [0.2, 0.25) is 0 Å². The molecule has 0 saturated carbocycles. The fraction of sp³-hybridized carbons (Fsp3) is 0.231. The topological polar surface area (TPSA) is 6.48 Å². The first-order chi connectivity index (χ1) is 26.8. The van der Waals surface area contributed by atoms with Crippen LogP contribution in [0.3, 0.4) is 0 Å². The van der Waals surface area contributed by atoms with Gasteiger partial charge in [-0.25, -0.2) is 0 Å². The first kappa shape index (κ1) is 36.7. The number of benzene rings is 7. The Kier molecular flexibility index (Phi) is 12.5. The van der Waals surface area contributed by atoms with E-state index < -0.39 is 0 Å². The smallest absolute Gasteiger partial charge is 0.0468 e. The van der Waals surface area contributed by atoms with Crippen LogP contribution >= 0.6 is 0 Å². The summed E-state index contributed by atoms with van der Waals surface area (Å²) in [5, 5.41) is 5.44. The van der Waals surface area contributed by atoms with Crippen molar-refractivity contribution >= 4 is 55.7 Å². The molecule has 54 heavy (non-hydrogen) atoms. The Hall–Kier alpha value is -5.60. The van der Waals surface area contributed by atoms with Crippen molar-refractivity contribution in [3.05, 3.63) is 182 Å². The number of hydrogen-bond acceptors (Lipinski definition) is 2. The Balaban J connectivity index is 1.44. The minimum absolute atomic E-state index is 1.05. The largest absolute Gasteiger partial charge is 0.310 e. The Morgan fingerprint density at radius 2 is 0.759 bits per heavy atom. The molecule has 0 aromatic heterocycles. The lowest BCUT2D eigenvalue weighted by atomic mass is 9.86. The van der Waals surface area contributed by atoms with E-state index >= 15 is 0 Å². The van der Waals surface area contributed by atoms with Gasteiger partial charge in [-0.05, 0) is 144 Å². The molecule has 0 aliphatic carbocycles. The van der Waals surface area contributed by atoms with E-state index in [-0.39, 0.29) is 0 Å². The first-order valence-corrected chi connectivity index (χ1v) is 20.2. The molecule has 0 heterocycles. The molecule has 272 valence electrons. The van der Waals surface area contributed by atoms with Gasteiger partial charge in [0.25, 0.3) is 0 Å². The third-order valence-electron chi connectivity index (χ3n) is 10.8. The van der Waals surface area contributed by atoms with Crippen molar-refractivity contribution in [3.8, 4) is 0 Å². The van der Waals surface area contributed by atoms with Gasteiger partial charge in [-0.15, -0.1) is 6.58 Å². The molecule has 7 aromatic carbocycles. The molecular weight excluding hydrogens is 653 g/mol. The van der Waals surface area contributed by atoms with Gasteiger partial charge in [0.2, 0.25) is 0 Å². The Labute approximate surface area is 323 Å². The van der Waals surface area contributed by atoms with E-state index in [0.29, 0.717) is 0 Å². The molecule has 7 aromatic rings. The maximum Gasteiger partial charge on any atom is 0.0468 e. The normalized spacial score (nSPS) is 11.2. The van der Waals surface area contributed by atoms with Gasteiger partial charge in [0, 0.05) is 34.1 Å². The molecule has 0 N–H and O–H groups in total. The van der Waals surface area contributed by atoms with Crippen LogP contribution in [-0.2, 0) is 12.8 Å². The van der Waals surface area contributed by atoms with Crippen molar-refractivity contribution in [2.75, 3.05) is 9.80 Å². The number of unbranched alkanes of at least 4 members (excludes halogenated alkanes) is 7. The van der Waals surface area contributed by atoms with E-state index in [1.807, 2.05) is 0 Å². The van der Waals surface area contributed by atoms with Crippen molar-refractivity contribution in [1.29, 1.82) is 0 Å². The number of rotatable bonds is 18. The molecule has 0 radical (unpaired) electrons. The molecular formula is C52H54N2. The van der Waals surface area contributed by atoms with Gasteiger partial charge < -0.3 is 9.80 Å². The van der Waals surface area contributed by atoms with E-state index in [9.17, 15) is 0 Å². The van der Waals surface area contributed by atoms with Gasteiger partial charge in [0.05, 0.1) is 0 Å². The molecule has 0 atom stereocenters. The lowest BCUT2D eigenvalue weighted by Gasteiger charge is -2.28. The summed E-state index contributed by atoms with van der Waals surface area (Å²) in [6.07, 6.45) is 15.3. The van der Waals surface area contributed by atoms with Crippen molar-refractivity contribution < 1.29 is 0 Å². The van der Waals surface area contributed by atoms with Gasteiger partial charge in [-0.1, -0.05) is 130 Å². The highest BCUT2D eigenvalue weighted by molar-refractivity contribution is 6.13. The second-order valence-electron chi connectivity index (χ2n) is 14.5. The van der Waals surface area contributed by atoms with E-state index in [1.165, 1.54) is 82.6 Å². The zero-order chi connectivity index (χ0) is 37.0. The molecule has 0 bridgehead atoms. The average molecular weight is 707 g/mol. The molecule has 2 nitrogen and oxygen atoms in total. The molecule has 0 saturated heterocycles. The molecule has 0 fully saturated rings. The molecule has 0 amide bonds. The highest BCUT2D eigenvalue weighted by Gasteiger charge is 2.20. The summed E-state index contributed by atoms with van der Waals surface area (Å²) in [7, 11) is 0. The van der Waals surface area contributed by atoms with Crippen LogP contribution < -0.4 is 9.80 Å². The average Bonchev–Trinajstić information content (AvgIpc) is 3.23. The molecule has 0 unspecified atom stereocenters. The van der Waals surface area contributed by atoms with Crippen molar-refractivity contribution in [2.24, 2.45) is 0 Å². The van der Waals surface area contributed by atoms with Crippen LogP contribution in [-0.4, -0.2) is 0 Å². The zero-order valence-corrected chi connectivity index (χ0v) is 32.0. The Bertz CT molecular complexity index is 2150. The van der Waals surface area contributed by atoms with E-state index in [0.717, 1.165) is 54.9 Å². The van der Waals surface area contributed by atoms with Gasteiger partial charge in [0.1, 0.15) is 0 Å². The fourth-order valence-electron chi connectivity index (χ4n) is 8.08. The molecule has 2 heteroatoms. The standard InChI is InChI=1S/C52H54N2/c1-3-5-7-9-10-24-34-48-47(33-23-8-6-4-2)51-39-45(53(41-25-15-11-16-26-41)42-27-17-12-18-28-42)35-37-49(51)50-38-36-46(40-52(48)50)54(43-29-19-13-20-30-43)44-31-21-14-22-32-44/h4,11-22,25-32,35-40H,2-3,5-10,23-24,33-34H2,1H3. The highest BCUT2D eigenvalue weighted by Crippen LogP contribution is 2.43. The van der Waals surface area contributed by atoms with Crippen LogP contribution in [0.15, 0.2) is 170 Å². The maximum absolute atomic E-state index is 4.04. The summed E-state index contributed by atoms with van der Waals surface area (Å²) in [5.74, 6) is 0. The number of para-hydroxylation sites is 4. The number of anilines is 6. The van der Waals surface area contributed by atoms with Crippen LogP contribution in [0.5, 0.6) is 0 Å². The van der Waals surface area contributed by atoms with Crippen molar-refractivity contribution in [2.45, 2.75) is 77.6 Å². The van der Waals surface area contributed by atoms with E-state index in [2.05, 4.69) is 187 Å². The lowest BCUT2D eigenvalue weighted by Crippen LogP contribution is -2.11. The maximum atomic E-state index is 4.04. The SMILES string of the molecule is C=CCCCCc1c(CCCCCCCC)c2cc(N(c3ccccc3)c3ccccc3)ccc2c2ccc(N(c3ccccc3)c3ccccc3)cc12.